The van der Waals surface area contributed by atoms with Crippen LogP contribution in [0.15, 0.2) is 71.6 Å². The predicted octanol–water partition coefficient (Wildman–Crippen LogP) is 4.63. The number of benzene rings is 3. The molecule has 0 fully saturated rings. The van der Waals surface area contributed by atoms with Gasteiger partial charge >= 0.3 is 0 Å². The van der Waals surface area contributed by atoms with Crippen LogP contribution < -0.4 is 14.4 Å². The number of anilines is 2. The molecule has 9 heteroatoms. The molecule has 0 saturated carbocycles. The molecule has 3 aromatic carbocycles. The highest BCUT2D eigenvalue weighted by atomic mass is 35.5. The lowest BCUT2D eigenvalue weighted by molar-refractivity contribution is -0.114. The van der Waals surface area contributed by atoms with Crippen molar-refractivity contribution in [3.63, 3.8) is 0 Å². The molecule has 0 radical (unpaired) electrons. The van der Waals surface area contributed by atoms with Crippen LogP contribution in [0.2, 0.25) is 5.02 Å². The number of hydrogen-bond acceptors (Lipinski definition) is 4. The van der Waals surface area contributed by atoms with Crippen LogP contribution in [-0.2, 0) is 14.8 Å². The normalized spacial score (nSPS) is 11.1. The van der Waals surface area contributed by atoms with E-state index < -0.39 is 28.3 Å². The van der Waals surface area contributed by atoms with Gasteiger partial charge in [-0.15, -0.1) is 0 Å². The van der Waals surface area contributed by atoms with E-state index in [1.165, 1.54) is 55.6 Å². The van der Waals surface area contributed by atoms with Crippen molar-refractivity contribution in [2.45, 2.75) is 11.8 Å². The molecular weight excluding hydrogens is 443 g/mol. The van der Waals surface area contributed by atoms with Crippen molar-refractivity contribution in [1.29, 1.82) is 0 Å². The summed E-state index contributed by atoms with van der Waals surface area (Å²) in [7, 11) is -2.86. The Kier molecular flexibility index (Phi) is 6.82. The summed E-state index contributed by atoms with van der Waals surface area (Å²) < 4.78 is 47.2. The largest absolute Gasteiger partial charge is 0.495 e. The molecule has 0 saturated heterocycles. The number of methoxy groups -OCH3 is 1. The number of para-hydroxylation sites is 1. The van der Waals surface area contributed by atoms with Gasteiger partial charge in [0.2, 0.25) is 5.91 Å². The Morgan fingerprint density at radius 3 is 2.42 bits per heavy atom. The van der Waals surface area contributed by atoms with Gasteiger partial charge in [0, 0.05) is 5.02 Å². The van der Waals surface area contributed by atoms with Crippen LogP contribution in [0, 0.1) is 12.7 Å². The highest BCUT2D eigenvalue weighted by molar-refractivity contribution is 7.93. The molecule has 0 aliphatic heterocycles. The zero-order valence-corrected chi connectivity index (χ0v) is 18.4. The summed E-state index contributed by atoms with van der Waals surface area (Å²) in [6.07, 6.45) is 0. The van der Waals surface area contributed by atoms with Crippen molar-refractivity contribution in [1.82, 2.24) is 0 Å². The fourth-order valence-electron chi connectivity index (χ4n) is 2.91. The summed E-state index contributed by atoms with van der Waals surface area (Å²) in [6, 6.07) is 16.4. The lowest BCUT2D eigenvalue weighted by Crippen LogP contribution is -2.38. The van der Waals surface area contributed by atoms with E-state index in [9.17, 15) is 17.6 Å². The Labute approximate surface area is 185 Å². The van der Waals surface area contributed by atoms with E-state index in [-0.39, 0.29) is 22.0 Å². The Balaban J connectivity index is 2.03. The summed E-state index contributed by atoms with van der Waals surface area (Å²) in [4.78, 5) is 12.6. The molecule has 0 aliphatic rings. The molecular formula is C22H20ClFN2O4S. The second-order valence-corrected chi connectivity index (χ2v) is 8.94. The molecule has 6 nitrogen and oxygen atoms in total. The number of sulfonamides is 1. The fraction of sp³-hybridized carbons (Fsp3) is 0.136. The minimum absolute atomic E-state index is 0.0471. The number of ether oxygens (including phenoxy) is 1. The lowest BCUT2D eigenvalue weighted by Gasteiger charge is -2.25. The second kappa shape index (κ2) is 9.36. The number of nitrogens with one attached hydrogen (secondary N) is 1. The standard InChI is InChI=1S/C22H20ClFN2O4S/c1-15-7-12-20(30-2)21(13-15)31(28,29)26(17-10-8-16(23)9-11-17)14-22(27)25-19-6-4-3-5-18(19)24/h3-13H,14H2,1-2H3,(H,25,27). The van der Waals surface area contributed by atoms with Gasteiger partial charge in [-0.05, 0) is 61.0 Å². The summed E-state index contributed by atoms with van der Waals surface area (Å²) >= 11 is 5.94. The molecule has 0 aliphatic carbocycles. The monoisotopic (exact) mass is 462 g/mol. The van der Waals surface area contributed by atoms with E-state index in [0.29, 0.717) is 10.6 Å². The average molecular weight is 463 g/mol. The van der Waals surface area contributed by atoms with Crippen LogP contribution in [0.3, 0.4) is 0 Å². The van der Waals surface area contributed by atoms with E-state index in [0.717, 1.165) is 4.31 Å². The van der Waals surface area contributed by atoms with Crippen LogP contribution in [0.25, 0.3) is 0 Å². The van der Waals surface area contributed by atoms with E-state index in [1.54, 1.807) is 25.1 Å². The molecule has 0 atom stereocenters. The number of hydrogen-bond donors (Lipinski definition) is 1. The third-order valence-corrected chi connectivity index (χ3v) is 6.48. The molecule has 1 amide bonds. The van der Waals surface area contributed by atoms with Gasteiger partial charge in [0.15, 0.2) is 0 Å². The maximum atomic E-state index is 13.9. The maximum absolute atomic E-state index is 13.9. The summed E-state index contributed by atoms with van der Waals surface area (Å²) in [6.45, 7) is 1.16. The first-order chi connectivity index (χ1) is 14.7. The lowest BCUT2D eigenvalue weighted by atomic mass is 10.2. The van der Waals surface area contributed by atoms with Gasteiger partial charge < -0.3 is 10.1 Å². The average Bonchev–Trinajstić information content (AvgIpc) is 2.74. The summed E-state index contributed by atoms with van der Waals surface area (Å²) in [5, 5.41) is 2.82. The van der Waals surface area contributed by atoms with Crippen LogP contribution in [0.4, 0.5) is 15.8 Å². The van der Waals surface area contributed by atoms with Crippen molar-refractivity contribution < 1.29 is 22.3 Å². The van der Waals surface area contributed by atoms with Crippen molar-refractivity contribution in [2.75, 3.05) is 23.3 Å². The molecule has 3 rings (SSSR count). The summed E-state index contributed by atoms with van der Waals surface area (Å²) in [5.41, 5.74) is 0.872. The topological polar surface area (TPSA) is 75.7 Å². The van der Waals surface area contributed by atoms with Crippen molar-refractivity contribution in [3.8, 4) is 5.75 Å². The molecule has 0 heterocycles. The molecule has 0 aromatic heterocycles. The molecule has 3 aromatic rings. The number of halogens is 2. The molecule has 1 N–H and O–H groups in total. The van der Waals surface area contributed by atoms with Gasteiger partial charge in [0.05, 0.1) is 18.5 Å². The SMILES string of the molecule is COc1ccc(C)cc1S(=O)(=O)N(CC(=O)Nc1ccccc1F)c1ccc(Cl)cc1. The number of carbonyl (C=O) groups excluding carboxylic acids is 1. The first-order valence-corrected chi connectivity index (χ1v) is 11.0. The quantitative estimate of drug-likeness (QED) is 0.555. The van der Waals surface area contributed by atoms with Gasteiger partial charge in [0.1, 0.15) is 23.0 Å². The highest BCUT2D eigenvalue weighted by Crippen LogP contribution is 2.31. The first kappa shape index (κ1) is 22.6. The predicted molar refractivity (Wildman–Crippen MR) is 119 cm³/mol. The second-order valence-electron chi connectivity index (χ2n) is 6.67. The molecule has 0 bridgehead atoms. The van der Waals surface area contributed by atoms with E-state index in [4.69, 9.17) is 16.3 Å². The molecule has 162 valence electrons. The third-order valence-electron chi connectivity index (χ3n) is 4.44. The van der Waals surface area contributed by atoms with Crippen molar-refractivity contribution in [2.24, 2.45) is 0 Å². The van der Waals surface area contributed by atoms with Crippen LogP contribution in [-0.4, -0.2) is 28.0 Å². The third kappa shape index (κ3) is 5.15. The number of aryl methyl sites for hydroxylation is 1. The summed E-state index contributed by atoms with van der Waals surface area (Å²) in [5.74, 6) is -1.20. The highest BCUT2D eigenvalue weighted by Gasteiger charge is 2.30. The van der Waals surface area contributed by atoms with Crippen LogP contribution >= 0.6 is 11.6 Å². The Morgan fingerprint density at radius 2 is 1.77 bits per heavy atom. The Morgan fingerprint density at radius 1 is 1.10 bits per heavy atom. The molecule has 0 unspecified atom stereocenters. The van der Waals surface area contributed by atoms with Gasteiger partial charge in [-0.1, -0.05) is 29.8 Å². The van der Waals surface area contributed by atoms with Crippen LogP contribution in [0.5, 0.6) is 5.75 Å². The van der Waals surface area contributed by atoms with E-state index in [1.807, 2.05) is 0 Å². The fourth-order valence-corrected chi connectivity index (χ4v) is 4.70. The minimum Gasteiger partial charge on any atom is -0.495 e. The van der Waals surface area contributed by atoms with E-state index in [2.05, 4.69) is 5.32 Å². The molecule has 0 spiro atoms. The molecule has 31 heavy (non-hydrogen) atoms. The smallest absolute Gasteiger partial charge is 0.268 e. The van der Waals surface area contributed by atoms with Crippen molar-refractivity contribution >= 4 is 38.9 Å². The Bertz CT molecular complexity index is 1200. The van der Waals surface area contributed by atoms with Gasteiger partial charge in [-0.2, -0.15) is 0 Å². The maximum Gasteiger partial charge on any atom is 0.268 e. The van der Waals surface area contributed by atoms with Crippen molar-refractivity contribution in [3.05, 3.63) is 83.1 Å². The minimum atomic E-state index is -4.22. The first-order valence-electron chi connectivity index (χ1n) is 9.19. The Hall–Kier alpha value is -3.10. The number of nitrogens with zero attached hydrogens (tertiary/aromatic N) is 1. The number of carbonyl (C=O) groups is 1. The van der Waals surface area contributed by atoms with Gasteiger partial charge in [-0.25, -0.2) is 12.8 Å². The number of amides is 1. The zero-order chi connectivity index (χ0) is 22.6. The van der Waals surface area contributed by atoms with Crippen LogP contribution in [0.1, 0.15) is 5.56 Å². The van der Waals surface area contributed by atoms with Gasteiger partial charge in [0.25, 0.3) is 10.0 Å². The van der Waals surface area contributed by atoms with Gasteiger partial charge in [-0.3, -0.25) is 9.10 Å². The van der Waals surface area contributed by atoms with E-state index >= 15 is 0 Å². The number of rotatable bonds is 7. The zero-order valence-electron chi connectivity index (χ0n) is 16.8.